The van der Waals surface area contributed by atoms with E-state index in [1.165, 1.54) is 18.0 Å². The van der Waals surface area contributed by atoms with Gasteiger partial charge < -0.3 is 10.0 Å². The minimum atomic E-state index is -1.06. The summed E-state index contributed by atoms with van der Waals surface area (Å²) in [6.45, 7) is 0.848. The maximum absolute atomic E-state index is 10.7. The molecule has 0 unspecified atom stereocenters. The lowest BCUT2D eigenvalue weighted by molar-refractivity contribution is 0.0690. The first-order valence-electron chi connectivity index (χ1n) is 5.66. The first-order chi connectivity index (χ1) is 8.75. The van der Waals surface area contributed by atoms with Gasteiger partial charge in [-0.25, -0.2) is 14.8 Å². The molecule has 1 aliphatic heterocycles. The Bertz CT molecular complexity index is 595. The molecule has 1 N–H and O–H groups in total. The van der Waals surface area contributed by atoms with Gasteiger partial charge in [-0.05, 0) is 18.1 Å². The van der Waals surface area contributed by atoms with E-state index in [1.54, 1.807) is 0 Å². The van der Waals surface area contributed by atoms with E-state index >= 15 is 0 Å². The number of para-hydroxylation sites is 1. The fraction of sp³-hybridized carbons (Fsp3) is 0.154. The van der Waals surface area contributed by atoms with Gasteiger partial charge in [0.1, 0.15) is 0 Å². The van der Waals surface area contributed by atoms with E-state index < -0.39 is 5.97 Å². The van der Waals surface area contributed by atoms with Gasteiger partial charge in [0.05, 0.1) is 12.4 Å². The highest BCUT2D eigenvalue weighted by atomic mass is 16.4. The topological polar surface area (TPSA) is 66.3 Å². The highest BCUT2D eigenvalue weighted by Gasteiger charge is 2.21. The maximum Gasteiger partial charge on any atom is 0.356 e. The van der Waals surface area contributed by atoms with Crippen LogP contribution < -0.4 is 4.90 Å². The van der Waals surface area contributed by atoms with Crippen LogP contribution in [0.5, 0.6) is 0 Å². The minimum absolute atomic E-state index is 0.0359. The first kappa shape index (κ1) is 10.7. The lowest BCUT2D eigenvalue weighted by atomic mass is 10.2. The number of fused-ring (bicyclic) bond motifs is 1. The van der Waals surface area contributed by atoms with Gasteiger partial charge in [-0.2, -0.15) is 0 Å². The van der Waals surface area contributed by atoms with Gasteiger partial charge in [0.15, 0.2) is 11.5 Å². The largest absolute Gasteiger partial charge is 0.476 e. The lowest BCUT2D eigenvalue weighted by Crippen LogP contribution is -2.15. The van der Waals surface area contributed by atoms with Crippen molar-refractivity contribution in [2.24, 2.45) is 0 Å². The molecule has 2 heterocycles. The molecule has 1 aromatic heterocycles. The molecule has 0 fully saturated rings. The maximum atomic E-state index is 10.7. The molecule has 2 aromatic rings. The summed E-state index contributed by atoms with van der Waals surface area (Å²) in [7, 11) is 0. The van der Waals surface area contributed by atoms with Crippen LogP contribution in [-0.2, 0) is 6.42 Å². The Hall–Kier alpha value is -2.43. The fourth-order valence-electron chi connectivity index (χ4n) is 2.15. The standard InChI is InChI=1S/C13H11N3O2/c17-13(18)10-7-15-12(8-14-10)16-6-5-9-3-1-2-4-11(9)16/h1-4,7-8H,5-6H2,(H,17,18). The van der Waals surface area contributed by atoms with Crippen molar-refractivity contribution in [1.29, 1.82) is 0 Å². The molecule has 1 aromatic carbocycles. The molecule has 0 radical (unpaired) electrons. The van der Waals surface area contributed by atoms with Gasteiger partial charge in [-0.3, -0.25) is 0 Å². The summed E-state index contributed by atoms with van der Waals surface area (Å²) >= 11 is 0. The Morgan fingerprint density at radius 3 is 2.78 bits per heavy atom. The molecule has 0 saturated carbocycles. The van der Waals surface area contributed by atoms with Crippen molar-refractivity contribution in [2.75, 3.05) is 11.4 Å². The molecule has 0 aliphatic carbocycles. The second kappa shape index (κ2) is 4.10. The predicted octanol–water partition coefficient (Wildman–Crippen LogP) is 1.87. The number of carboxylic acid groups (broad SMARTS) is 1. The normalized spacial score (nSPS) is 13.4. The zero-order valence-electron chi connectivity index (χ0n) is 9.58. The highest BCUT2D eigenvalue weighted by Crippen LogP contribution is 2.32. The molecule has 0 amide bonds. The van der Waals surface area contributed by atoms with E-state index in [1.807, 2.05) is 23.1 Å². The van der Waals surface area contributed by atoms with Crippen LogP contribution in [-0.4, -0.2) is 27.6 Å². The third-order valence-corrected chi connectivity index (χ3v) is 3.02. The second-order valence-electron chi connectivity index (χ2n) is 4.10. The smallest absolute Gasteiger partial charge is 0.356 e. The van der Waals surface area contributed by atoms with E-state index in [4.69, 9.17) is 5.11 Å². The van der Waals surface area contributed by atoms with E-state index in [9.17, 15) is 4.79 Å². The SMILES string of the molecule is O=C(O)c1cnc(N2CCc3ccccc32)cn1. The van der Waals surface area contributed by atoms with Crippen LogP contribution in [0.2, 0.25) is 0 Å². The molecule has 18 heavy (non-hydrogen) atoms. The summed E-state index contributed by atoms with van der Waals surface area (Å²) < 4.78 is 0. The van der Waals surface area contributed by atoms with E-state index in [0.717, 1.165) is 18.7 Å². The number of carboxylic acids is 1. The van der Waals surface area contributed by atoms with Gasteiger partial charge in [0.25, 0.3) is 0 Å². The number of hydrogen-bond acceptors (Lipinski definition) is 4. The van der Waals surface area contributed by atoms with Crippen LogP contribution >= 0.6 is 0 Å². The van der Waals surface area contributed by atoms with Crippen molar-refractivity contribution in [3.8, 4) is 0 Å². The average molecular weight is 241 g/mol. The summed E-state index contributed by atoms with van der Waals surface area (Å²) in [6, 6.07) is 8.13. The molecule has 90 valence electrons. The van der Waals surface area contributed by atoms with Crippen molar-refractivity contribution in [1.82, 2.24) is 9.97 Å². The Morgan fingerprint density at radius 2 is 2.06 bits per heavy atom. The van der Waals surface area contributed by atoms with Crippen molar-refractivity contribution >= 4 is 17.5 Å². The Balaban J connectivity index is 1.95. The first-order valence-corrected chi connectivity index (χ1v) is 5.66. The van der Waals surface area contributed by atoms with Gasteiger partial charge >= 0.3 is 5.97 Å². The van der Waals surface area contributed by atoms with E-state index in [2.05, 4.69) is 16.0 Å². The molecule has 0 atom stereocenters. The Morgan fingerprint density at radius 1 is 1.22 bits per heavy atom. The number of hydrogen-bond donors (Lipinski definition) is 1. The number of carbonyl (C=O) groups is 1. The summed E-state index contributed by atoms with van der Waals surface area (Å²) in [5.74, 6) is -0.374. The third-order valence-electron chi connectivity index (χ3n) is 3.02. The second-order valence-corrected chi connectivity index (χ2v) is 4.10. The molecule has 5 nitrogen and oxygen atoms in total. The third kappa shape index (κ3) is 1.69. The molecule has 1 aliphatic rings. The van der Waals surface area contributed by atoms with Crippen molar-refractivity contribution < 1.29 is 9.90 Å². The van der Waals surface area contributed by atoms with Gasteiger partial charge in [-0.15, -0.1) is 0 Å². The van der Waals surface area contributed by atoms with Crippen LogP contribution in [0.4, 0.5) is 11.5 Å². The van der Waals surface area contributed by atoms with E-state index in [0.29, 0.717) is 5.82 Å². The van der Waals surface area contributed by atoms with Gasteiger partial charge in [0.2, 0.25) is 0 Å². The van der Waals surface area contributed by atoms with Crippen molar-refractivity contribution in [2.45, 2.75) is 6.42 Å². The molecule has 0 bridgehead atoms. The van der Waals surface area contributed by atoms with Crippen LogP contribution in [0.15, 0.2) is 36.7 Å². The summed E-state index contributed by atoms with van der Waals surface area (Å²) in [5, 5.41) is 8.78. The van der Waals surface area contributed by atoms with Crippen molar-refractivity contribution in [3.05, 3.63) is 47.9 Å². The van der Waals surface area contributed by atoms with Crippen LogP contribution in [0.3, 0.4) is 0 Å². The molecule has 0 saturated heterocycles. The molecule has 3 rings (SSSR count). The number of anilines is 2. The zero-order chi connectivity index (χ0) is 12.5. The number of aromatic nitrogens is 2. The summed E-state index contributed by atoms with van der Waals surface area (Å²) in [6.07, 6.45) is 3.77. The number of rotatable bonds is 2. The highest BCUT2D eigenvalue weighted by molar-refractivity contribution is 5.85. The molecule has 5 heteroatoms. The predicted molar refractivity (Wildman–Crippen MR) is 66.1 cm³/mol. The zero-order valence-corrected chi connectivity index (χ0v) is 9.58. The number of benzene rings is 1. The minimum Gasteiger partial charge on any atom is -0.476 e. The molecular formula is C13H11N3O2. The van der Waals surface area contributed by atoms with Crippen LogP contribution in [0.1, 0.15) is 16.1 Å². The Kier molecular flexibility index (Phi) is 2.44. The average Bonchev–Trinajstić information content (AvgIpc) is 2.82. The van der Waals surface area contributed by atoms with E-state index in [-0.39, 0.29) is 5.69 Å². The van der Waals surface area contributed by atoms with Crippen molar-refractivity contribution in [3.63, 3.8) is 0 Å². The molecule has 0 spiro atoms. The fourth-order valence-corrected chi connectivity index (χ4v) is 2.15. The van der Waals surface area contributed by atoms with Gasteiger partial charge in [-0.1, -0.05) is 18.2 Å². The van der Waals surface area contributed by atoms with Gasteiger partial charge in [0, 0.05) is 12.2 Å². The Labute approximate surface area is 104 Å². The van der Waals surface area contributed by atoms with Crippen LogP contribution in [0, 0.1) is 0 Å². The number of nitrogens with zero attached hydrogens (tertiary/aromatic N) is 3. The lowest BCUT2D eigenvalue weighted by Gasteiger charge is -2.17. The number of aromatic carboxylic acids is 1. The summed E-state index contributed by atoms with van der Waals surface area (Å²) in [5.41, 5.74) is 2.36. The van der Waals surface area contributed by atoms with Crippen LogP contribution in [0.25, 0.3) is 0 Å². The monoisotopic (exact) mass is 241 g/mol. The molecular weight excluding hydrogens is 230 g/mol. The summed E-state index contributed by atoms with van der Waals surface area (Å²) in [4.78, 5) is 20.8. The quantitative estimate of drug-likeness (QED) is 0.869.